The number of alkyl carbamates (subject to hydrolysis) is 1. The lowest BCUT2D eigenvalue weighted by Crippen LogP contribution is -2.32. The zero-order valence-corrected chi connectivity index (χ0v) is 12.0. The molecule has 0 aliphatic rings. The van der Waals surface area contributed by atoms with Crippen LogP contribution in [0.25, 0.3) is 0 Å². The van der Waals surface area contributed by atoms with Crippen LogP contribution in [0, 0.1) is 0 Å². The van der Waals surface area contributed by atoms with E-state index in [0.717, 1.165) is 0 Å². The van der Waals surface area contributed by atoms with Gasteiger partial charge in [-0.1, -0.05) is 6.07 Å². The number of carbonyl (C=O) groups is 2. The second-order valence-electron chi connectivity index (χ2n) is 5.15. The van der Waals surface area contributed by atoms with E-state index in [9.17, 15) is 9.59 Å². The smallest absolute Gasteiger partial charge is 0.407 e. The molecule has 20 heavy (non-hydrogen) atoms. The zero-order valence-electron chi connectivity index (χ0n) is 12.0. The minimum absolute atomic E-state index is 0.0144. The minimum Gasteiger partial charge on any atom is -0.496 e. The van der Waals surface area contributed by atoms with Crippen LogP contribution in [0.1, 0.15) is 36.7 Å². The number of carboxylic acids is 1. The molecule has 0 fully saturated rings. The normalized spacial score (nSPS) is 10.8. The highest BCUT2D eigenvalue weighted by molar-refractivity contribution is 5.90. The van der Waals surface area contributed by atoms with Gasteiger partial charge in [-0.25, -0.2) is 9.59 Å². The number of ether oxygens (including phenoxy) is 2. The molecule has 0 aliphatic carbocycles. The fourth-order valence-electron chi connectivity index (χ4n) is 1.61. The molecule has 0 atom stereocenters. The molecule has 0 saturated carbocycles. The Bertz CT molecular complexity index is 505. The number of benzene rings is 1. The van der Waals surface area contributed by atoms with Crippen LogP contribution >= 0.6 is 0 Å². The summed E-state index contributed by atoms with van der Waals surface area (Å²) < 4.78 is 10.2. The Hall–Kier alpha value is -2.24. The Morgan fingerprint density at radius 3 is 2.45 bits per heavy atom. The highest BCUT2D eigenvalue weighted by atomic mass is 16.6. The molecule has 6 nitrogen and oxygen atoms in total. The summed E-state index contributed by atoms with van der Waals surface area (Å²) in [7, 11) is 1.44. The maximum atomic E-state index is 11.6. The number of amides is 1. The Morgan fingerprint density at radius 2 is 1.95 bits per heavy atom. The number of nitrogens with one attached hydrogen (secondary N) is 1. The van der Waals surface area contributed by atoms with Gasteiger partial charge in [0.2, 0.25) is 0 Å². The van der Waals surface area contributed by atoms with E-state index in [0.29, 0.717) is 11.3 Å². The number of carbonyl (C=O) groups excluding carboxylic acids is 1. The lowest BCUT2D eigenvalue weighted by molar-refractivity contribution is 0.0520. The lowest BCUT2D eigenvalue weighted by atomic mass is 10.1. The number of methoxy groups -OCH3 is 1. The summed E-state index contributed by atoms with van der Waals surface area (Å²) in [6.07, 6.45) is -0.611. The molecule has 1 rings (SSSR count). The molecular weight excluding hydrogens is 262 g/mol. The van der Waals surface area contributed by atoms with Crippen molar-refractivity contribution in [3.63, 3.8) is 0 Å². The van der Waals surface area contributed by atoms with Crippen molar-refractivity contribution in [2.24, 2.45) is 0 Å². The van der Waals surface area contributed by atoms with E-state index in [1.54, 1.807) is 32.9 Å². The van der Waals surface area contributed by atoms with Gasteiger partial charge in [0.15, 0.2) is 0 Å². The molecule has 0 aromatic heterocycles. The van der Waals surface area contributed by atoms with Crippen molar-refractivity contribution in [2.45, 2.75) is 32.9 Å². The third kappa shape index (κ3) is 4.46. The monoisotopic (exact) mass is 281 g/mol. The van der Waals surface area contributed by atoms with Crippen LogP contribution in [0.4, 0.5) is 4.79 Å². The van der Waals surface area contributed by atoms with Crippen molar-refractivity contribution in [2.75, 3.05) is 7.11 Å². The number of hydrogen-bond acceptors (Lipinski definition) is 4. The van der Waals surface area contributed by atoms with Gasteiger partial charge in [-0.2, -0.15) is 0 Å². The summed E-state index contributed by atoms with van der Waals surface area (Å²) in [6.45, 7) is 5.26. The zero-order chi connectivity index (χ0) is 15.3. The van der Waals surface area contributed by atoms with Gasteiger partial charge in [-0.05, 0) is 32.9 Å². The largest absolute Gasteiger partial charge is 0.496 e. The summed E-state index contributed by atoms with van der Waals surface area (Å²) in [5.41, 5.74) is -0.130. The number of aromatic carboxylic acids is 1. The molecule has 0 saturated heterocycles. The van der Waals surface area contributed by atoms with Crippen molar-refractivity contribution in [3.05, 3.63) is 29.3 Å². The summed E-state index contributed by atoms with van der Waals surface area (Å²) in [5.74, 6) is -0.675. The highest BCUT2D eigenvalue weighted by Crippen LogP contribution is 2.22. The van der Waals surface area contributed by atoms with Crippen LogP contribution in [0.15, 0.2) is 18.2 Å². The van der Waals surface area contributed by atoms with Crippen molar-refractivity contribution < 1.29 is 24.2 Å². The van der Waals surface area contributed by atoms with E-state index in [-0.39, 0.29) is 12.1 Å². The maximum Gasteiger partial charge on any atom is 0.407 e. The first kappa shape index (κ1) is 15.8. The van der Waals surface area contributed by atoms with Gasteiger partial charge >= 0.3 is 12.1 Å². The SMILES string of the molecule is COc1cccc(C(=O)O)c1CNC(=O)OC(C)(C)C. The molecule has 110 valence electrons. The molecule has 1 aromatic carbocycles. The van der Waals surface area contributed by atoms with Gasteiger partial charge < -0.3 is 19.9 Å². The fraction of sp³-hybridized carbons (Fsp3) is 0.429. The molecule has 6 heteroatoms. The first-order valence-corrected chi connectivity index (χ1v) is 6.10. The Balaban J connectivity index is 2.86. The van der Waals surface area contributed by atoms with Crippen molar-refractivity contribution in [1.82, 2.24) is 5.32 Å². The second kappa shape index (κ2) is 6.27. The molecule has 2 N–H and O–H groups in total. The maximum absolute atomic E-state index is 11.6. The van der Waals surface area contributed by atoms with Gasteiger partial charge in [0.1, 0.15) is 11.4 Å². The average Bonchev–Trinajstić information content (AvgIpc) is 2.33. The predicted octanol–water partition coefficient (Wildman–Crippen LogP) is 2.42. The molecular formula is C14H19NO5. The molecule has 0 radical (unpaired) electrons. The van der Waals surface area contributed by atoms with Gasteiger partial charge in [0, 0.05) is 5.56 Å². The van der Waals surface area contributed by atoms with E-state index >= 15 is 0 Å². The topological polar surface area (TPSA) is 84.9 Å². The van der Waals surface area contributed by atoms with Crippen molar-refractivity contribution in [1.29, 1.82) is 0 Å². The fourth-order valence-corrected chi connectivity index (χ4v) is 1.61. The van der Waals surface area contributed by atoms with E-state index in [4.69, 9.17) is 14.6 Å². The number of hydrogen-bond donors (Lipinski definition) is 2. The average molecular weight is 281 g/mol. The Labute approximate surface area is 117 Å². The van der Waals surface area contributed by atoms with Crippen molar-refractivity contribution >= 4 is 12.1 Å². The standard InChI is InChI=1S/C14H19NO5/c1-14(2,3)20-13(18)15-8-10-9(12(16)17)6-5-7-11(10)19-4/h5-7H,8H2,1-4H3,(H,15,18)(H,16,17). The van der Waals surface area contributed by atoms with Crippen molar-refractivity contribution in [3.8, 4) is 5.75 Å². The Morgan fingerprint density at radius 1 is 1.30 bits per heavy atom. The highest BCUT2D eigenvalue weighted by Gasteiger charge is 2.18. The van der Waals surface area contributed by atoms with Crippen LogP contribution in [0.2, 0.25) is 0 Å². The number of carboxylic acid groups (broad SMARTS) is 1. The van der Waals surface area contributed by atoms with Crippen LogP contribution in [0.5, 0.6) is 5.75 Å². The second-order valence-corrected chi connectivity index (χ2v) is 5.15. The predicted molar refractivity (Wildman–Crippen MR) is 73.0 cm³/mol. The molecule has 0 heterocycles. The van der Waals surface area contributed by atoms with E-state index in [2.05, 4.69) is 5.32 Å². The molecule has 0 aliphatic heterocycles. The minimum atomic E-state index is -1.08. The van der Waals surface area contributed by atoms with Gasteiger partial charge in [-0.3, -0.25) is 0 Å². The van der Waals surface area contributed by atoms with Gasteiger partial charge in [-0.15, -0.1) is 0 Å². The van der Waals surface area contributed by atoms with E-state index in [1.807, 2.05) is 0 Å². The first-order valence-electron chi connectivity index (χ1n) is 6.10. The van der Waals surface area contributed by atoms with Crippen LogP contribution in [-0.2, 0) is 11.3 Å². The van der Waals surface area contributed by atoms with E-state index in [1.165, 1.54) is 13.2 Å². The molecule has 0 bridgehead atoms. The van der Waals surface area contributed by atoms with Gasteiger partial charge in [0.25, 0.3) is 0 Å². The molecule has 0 spiro atoms. The van der Waals surface area contributed by atoms with Crippen LogP contribution in [0.3, 0.4) is 0 Å². The van der Waals surface area contributed by atoms with E-state index < -0.39 is 17.7 Å². The first-order chi connectivity index (χ1) is 9.24. The summed E-state index contributed by atoms with van der Waals surface area (Å²) in [5, 5.41) is 11.7. The molecule has 1 aromatic rings. The van der Waals surface area contributed by atoms with Crippen LogP contribution < -0.4 is 10.1 Å². The molecule has 0 unspecified atom stereocenters. The number of rotatable bonds is 4. The van der Waals surface area contributed by atoms with Gasteiger partial charge in [0.05, 0.1) is 19.2 Å². The summed E-state index contributed by atoms with van der Waals surface area (Å²) in [6, 6.07) is 4.68. The Kier molecular flexibility index (Phi) is 4.96. The van der Waals surface area contributed by atoms with Crippen LogP contribution in [-0.4, -0.2) is 29.9 Å². The third-order valence-corrected chi connectivity index (χ3v) is 2.39. The summed E-state index contributed by atoms with van der Waals surface area (Å²) >= 11 is 0. The quantitative estimate of drug-likeness (QED) is 0.885. The molecule has 1 amide bonds. The lowest BCUT2D eigenvalue weighted by Gasteiger charge is -2.20. The third-order valence-electron chi connectivity index (χ3n) is 2.39. The summed E-state index contributed by atoms with van der Waals surface area (Å²) in [4.78, 5) is 22.8.